The van der Waals surface area contributed by atoms with E-state index in [1.165, 1.54) is 36.8 Å². The lowest BCUT2D eigenvalue weighted by Gasteiger charge is -2.11. The summed E-state index contributed by atoms with van der Waals surface area (Å²) in [5.74, 6) is -4.22. The van der Waals surface area contributed by atoms with Gasteiger partial charge in [-0.3, -0.25) is 4.79 Å². The van der Waals surface area contributed by atoms with Crippen LogP contribution in [0, 0.1) is 17.5 Å². The van der Waals surface area contributed by atoms with Crippen molar-refractivity contribution in [3.8, 4) is 0 Å². The van der Waals surface area contributed by atoms with Crippen molar-refractivity contribution in [1.29, 1.82) is 0 Å². The Hall–Kier alpha value is -3.98. The molecule has 6 nitrogen and oxygen atoms in total. The van der Waals surface area contributed by atoms with Gasteiger partial charge in [0, 0.05) is 34.6 Å². The lowest BCUT2D eigenvalue weighted by molar-refractivity contribution is 0.103. The van der Waals surface area contributed by atoms with Gasteiger partial charge in [-0.15, -0.1) is 0 Å². The summed E-state index contributed by atoms with van der Waals surface area (Å²) in [4.78, 5) is 32.9. The molecular weight excluding hydrogens is 445 g/mol. The molecule has 160 valence electrons. The molecular formula is C22H12ClF3N4O2. The number of fused-ring (bicyclic) bond motifs is 1. The summed E-state index contributed by atoms with van der Waals surface area (Å²) in [5.41, 5.74) is -0.00298. The Labute approximate surface area is 184 Å². The van der Waals surface area contributed by atoms with Gasteiger partial charge in [0.15, 0.2) is 17.4 Å². The summed E-state index contributed by atoms with van der Waals surface area (Å²) >= 11 is 5.59. The van der Waals surface area contributed by atoms with E-state index in [-0.39, 0.29) is 22.0 Å². The average molecular weight is 457 g/mol. The summed E-state index contributed by atoms with van der Waals surface area (Å²) in [6, 6.07) is 8.90. The smallest absolute Gasteiger partial charge is 0.308 e. The molecule has 0 aliphatic carbocycles. The van der Waals surface area contributed by atoms with E-state index < -0.39 is 34.8 Å². The van der Waals surface area contributed by atoms with E-state index >= 15 is 0 Å². The number of hydrogen-bond donors (Lipinski definition) is 2. The summed E-state index contributed by atoms with van der Waals surface area (Å²) in [6.45, 7) is 0. The van der Waals surface area contributed by atoms with Gasteiger partial charge in [-0.25, -0.2) is 27.9 Å². The van der Waals surface area contributed by atoms with Crippen LogP contribution >= 0.6 is 11.6 Å². The number of aromatic nitrogens is 2. The highest BCUT2D eigenvalue weighted by Gasteiger charge is 2.20. The van der Waals surface area contributed by atoms with Crippen LogP contribution in [0.1, 0.15) is 15.9 Å². The number of carbonyl (C=O) groups excluding carboxylic acids is 2. The van der Waals surface area contributed by atoms with Crippen molar-refractivity contribution in [2.75, 3.05) is 10.6 Å². The van der Waals surface area contributed by atoms with E-state index in [4.69, 9.17) is 11.6 Å². The summed E-state index contributed by atoms with van der Waals surface area (Å²) in [7, 11) is 0. The Morgan fingerprint density at radius 3 is 2.41 bits per heavy atom. The molecule has 1 heterocycles. The molecule has 1 aromatic heterocycles. The van der Waals surface area contributed by atoms with E-state index in [9.17, 15) is 22.8 Å². The van der Waals surface area contributed by atoms with Gasteiger partial charge in [0.2, 0.25) is 0 Å². The number of benzene rings is 3. The van der Waals surface area contributed by atoms with Crippen LogP contribution in [0.15, 0.2) is 61.1 Å². The van der Waals surface area contributed by atoms with Gasteiger partial charge in [0.05, 0.1) is 16.1 Å². The maximum atomic E-state index is 14.4. The molecule has 0 bridgehead atoms. The number of nitrogens with one attached hydrogen (secondary N) is 2. The molecule has 32 heavy (non-hydrogen) atoms. The van der Waals surface area contributed by atoms with Crippen molar-refractivity contribution in [2.24, 2.45) is 0 Å². The van der Waals surface area contributed by atoms with Crippen LogP contribution < -0.4 is 10.6 Å². The van der Waals surface area contributed by atoms with Crippen molar-refractivity contribution >= 4 is 45.7 Å². The van der Waals surface area contributed by atoms with Gasteiger partial charge in [0.25, 0.3) is 0 Å². The van der Waals surface area contributed by atoms with Gasteiger partial charge in [0.1, 0.15) is 12.1 Å². The van der Waals surface area contributed by atoms with E-state index in [1.807, 2.05) is 0 Å². The fourth-order valence-corrected chi connectivity index (χ4v) is 3.09. The third kappa shape index (κ3) is 4.37. The van der Waals surface area contributed by atoms with Crippen molar-refractivity contribution in [3.63, 3.8) is 0 Å². The highest BCUT2D eigenvalue weighted by atomic mass is 35.5. The molecule has 4 aromatic rings. The molecule has 0 radical (unpaired) electrons. The fraction of sp³-hybridized carbons (Fsp3) is 0. The Bertz CT molecular complexity index is 1380. The maximum Gasteiger partial charge on any atom is 0.323 e. The lowest BCUT2D eigenvalue weighted by Crippen LogP contribution is -2.20. The zero-order valence-corrected chi connectivity index (χ0v) is 16.8. The molecule has 0 saturated carbocycles. The number of carbonyl (C=O) groups is 2. The number of ketones is 1. The number of nitrogens with zero attached hydrogens (tertiary/aromatic N) is 2. The molecule has 3 aromatic carbocycles. The number of anilines is 2. The number of amides is 2. The number of urea groups is 1. The van der Waals surface area contributed by atoms with Crippen LogP contribution in [0.25, 0.3) is 10.9 Å². The molecule has 0 fully saturated rings. The zero-order chi connectivity index (χ0) is 22.8. The van der Waals surface area contributed by atoms with Crippen molar-refractivity contribution < 1.29 is 22.8 Å². The lowest BCUT2D eigenvalue weighted by atomic mass is 10.0. The molecule has 0 saturated heterocycles. The molecule has 0 spiro atoms. The molecule has 2 N–H and O–H groups in total. The van der Waals surface area contributed by atoms with Crippen LogP contribution in [0.2, 0.25) is 5.02 Å². The zero-order valence-electron chi connectivity index (χ0n) is 16.0. The van der Waals surface area contributed by atoms with Gasteiger partial charge in [-0.05, 0) is 42.5 Å². The number of rotatable bonds is 4. The van der Waals surface area contributed by atoms with Crippen LogP contribution in [-0.4, -0.2) is 21.8 Å². The van der Waals surface area contributed by atoms with E-state index in [0.29, 0.717) is 10.9 Å². The Morgan fingerprint density at radius 1 is 0.875 bits per heavy atom. The van der Waals surface area contributed by atoms with Gasteiger partial charge in [-0.2, -0.15) is 0 Å². The maximum absolute atomic E-state index is 14.4. The summed E-state index contributed by atoms with van der Waals surface area (Å²) in [6.07, 6.45) is 2.83. The normalized spacial score (nSPS) is 10.8. The average Bonchev–Trinajstić information content (AvgIpc) is 2.77. The molecule has 0 atom stereocenters. The van der Waals surface area contributed by atoms with Crippen LogP contribution in [0.3, 0.4) is 0 Å². The first kappa shape index (κ1) is 21.3. The second-order valence-corrected chi connectivity index (χ2v) is 7.06. The summed E-state index contributed by atoms with van der Waals surface area (Å²) < 4.78 is 42.1. The molecule has 10 heteroatoms. The highest BCUT2D eigenvalue weighted by Crippen LogP contribution is 2.24. The third-order valence-electron chi connectivity index (χ3n) is 4.48. The topological polar surface area (TPSA) is 84.0 Å². The van der Waals surface area contributed by atoms with Gasteiger partial charge >= 0.3 is 6.03 Å². The van der Waals surface area contributed by atoms with Crippen molar-refractivity contribution in [1.82, 2.24) is 9.97 Å². The third-order valence-corrected chi connectivity index (χ3v) is 4.78. The minimum absolute atomic E-state index is 0.0849. The van der Waals surface area contributed by atoms with Crippen molar-refractivity contribution in [3.05, 3.63) is 94.7 Å². The van der Waals surface area contributed by atoms with E-state index in [1.54, 1.807) is 6.07 Å². The monoisotopic (exact) mass is 456 g/mol. The predicted octanol–water partition coefficient (Wildman–Crippen LogP) is 5.58. The van der Waals surface area contributed by atoms with Gasteiger partial charge < -0.3 is 10.6 Å². The minimum Gasteiger partial charge on any atom is -0.308 e. The van der Waals surface area contributed by atoms with E-state index in [0.717, 1.165) is 18.2 Å². The highest BCUT2D eigenvalue weighted by molar-refractivity contribution is 6.30. The minimum atomic E-state index is -1.36. The first-order chi connectivity index (χ1) is 15.3. The quantitative estimate of drug-likeness (QED) is 0.393. The standard InChI is InChI=1S/C22H12ClF3N4O2/c23-16-3-2-13(7-17(16)24)29-22(32)30-14-6-15(20(26)18(25)8-14)21(31)11-1-4-19-12(5-11)9-27-10-28-19/h1-10H,(H2,29,30,32). The SMILES string of the molecule is O=C(Nc1ccc(Cl)c(F)c1)Nc1cc(F)c(F)c(C(=O)c2ccc3ncncc3c2)c1. The number of hydrogen-bond acceptors (Lipinski definition) is 4. The van der Waals surface area contributed by atoms with Crippen LogP contribution in [0.5, 0.6) is 0 Å². The summed E-state index contributed by atoms with van der Waals surface area (Å²) in [5, 5.41) is 5.03. The van der Waals surface area contributed by atoms with Crippen LogP contribution in [0.4, 0.5) is 29.3 Å². The molecule has 0 unspecified atom stereocenters. The number of halogens is 4. The van der Waals surface area contributed by atoms with Crippen molar-refractivity contribution in [2.45, 2.75) is 0 Å². The molecule has 0 aliphatic rings. The van der Waals surface area contributed by atoms with Gasteiger partial charge in [-0.1, -0.05) is 11.6 Å². The predicted molar refractivity (Wildman–Crippen MR) is 113 cm³/mol. The molecule has 4 rings (SSSR count). The Kier molecular flexibility index (Phi) is 5.74. The Morgan fingerprint density at radius 2 is 1.62 bits per heavy atom. The Balaban J connectivity index is 1.59. The second kappa shape index (κ2) is 8.64. The molecule has 2 amide bonds. The fourth-order valence-electron chi connectivity index (χ4n) is 2.98. The molecule has 0 aliphatic heterocycles. The van der Waals surface area contributed by atoms with E-state index in [2.05, 4.69) is 20.6 Å². The largest absolute Gasteiger partial charge is 0.323 e. The van der Waals surface area contributed by atoms with Crippen LogP contribution in [-0.2, 0) is 0 Å². The first-order valence-corrected chi connectivity index (χ1v) is 9.46. The second-order valence-electron chi connectivity index (χ2n) is 6.65. The first-order valence-electron chi connectivity index (χ1n) is 9.08.